The normalized spacial score (nSPS) is 19.6. The van der Waals surface area contributed by atoms with Crippen molar-refractivity contribution in [3.05, 3.63) is 33.8 Å². The number of nitrogens with zero attached hydrogens (tertiary/aromatic N) is 3. The van der Waals surface area contributed by atoms with Gasteiger partial charge in [0.15, 0.2) is 5.96 Å². The fourth-order valence-electron chi connectivity index (χ4n) is 3.77. The highest BCUT2D eigenvalue weighted by Crippen LogP contribution is 2.28. The molecule has 1 aliphatic carbocycles. The summed E-state index contributed by atoms with van der Waals surface area (Å²) in [4.78, 5) is 21.1. The third-order valence-electron chi connectivity index (χ3n) is 5.86. The van der Waals surface area contributed by atoms with Gasteiger partial charge in [-0.3, -0.25) is 14.7 Å². The van der Waals surface area contributed by atoms with E-state index in [1.807, 2.05) is 24.0 Å². The minimum absolute atomic E-state index is 0.00651. The molecule has 6 nitrogen and oxygen atoms in total. The fraction of sp³-hybridized carbons (Fsp3) is 0.619. The number of aliphatic imine (C=N–C) groups is 1. The van der Waals surface area contributed by atoms with Gasteiger partial charge < -0.3 is 15.5 Å². The standard InChI is InChI=1S/C21H31Cl2N5O/c1-15(18-7-6-17(22)14-19(18)23)26-21(24-2)25-8-9-27-10-12-28(13-11-27)20(29)16-4-3-5-16/h6-7,14-16H,3-5,8-13H2,1-2H3,(H2,24,25,26). The van der Waals surface area contributed by atoms with Crippen LogP contribution >= 0.6 is 23.2 Å². The number of rotatable bonds is 6. The van der Waals surface area contributed by atoms with E-state index in [0.29, 0.717) is 21.9 Å². The van der Waals surface area contributed by atoms with Crippen molar-refractivity contribution in [2.24, 2.45) is 10.9 Å². The van der Waals surface area contributed by atoms with E-state index in [1.54, 1.807) is 13.1 Å². The number of carbonyl (C=O) groups excluding carboxylic acids is 1. The first-order valence-electron chi connectivity index (χ1n) is 10.4. The molecule has 2 N–H and O–H groups in total. The zero-order valence-electron chi connectivity index (χ0n) is 17.3. The zero-order valence-corrected chi connectivity index (χ0v) is 18.8. The van der Waals surface area contributed by atoms with Gasteiger partial charge in [-0.15, -0.1) is 0 Å². The number of halogens is 2. The molecule has 29 heavy (non-hydrogen) atoms. The Balaban J connectivity index is 1.38. The largest absolute Gasteiger partial charge is 0.355 e. The van der Waals surface area contributed by atoms with Crippen molar-refractivity contribution in [2.75, 3.05) is 46.3 Å². The van der Waals surface area contributed by atoms with Crippen molar-refractivity contribution in [1.82, 2.24) is 20.4 Å². The molecule has 1 unspecified atom stereocenters. The van der Waals surface area contributed by atoms with Crippen LogP contribution in [0.2, 0.25) is 10.0 Å². The van der Waals surface area contributed by atoms with Crippen molar-refractivity contribution < 1.29 is 4.79 Å². The first-order chi connectivity index (χ1) is 14.0. The van der Waals surface area contributed by atoms with Crippen molar-refractivity contribution in [2.45, 2.75) is 32.2 Å². The van der Waals surface area contributed by atoms with Gasteiger partial charge >= 0.3 is 0 Å². The number of guanidine groups is 1. The van der Waals surface area contributed by atoms with Crippen molar-refractivity contribution in [3.63, 3.8) is 0 Å². The van der Waals surface area contributed by atoms with Crippen LogP contribution in [0.3, 0.4) is 0 Å². The van der Waals surface area contributed by atoms with Crippen molar-refractivity contribution in [1.29, 1.82) is 0 Å². The monoisotopic (exact) mass is 439 g/mol. The molecule has 1 saturated carbocycles. The van der Waals surface area contributed by atoms with Crippen LogP contribution < -0.4 is 10.6 Å². The minimum Gasteiger partial charge on any atom is -0.355 e. The lowest BCUT2D eigenvalue weighted by Gasteiger charge is -2.38. The Morgan fingerprint density at radius 3 is 2.55 bits per heavy atom. The van der Waals surface area contributed by atoms with Crippen LogP contribution in [0.4, 0.5) is 0 Å². The van der Waals surface area contributed by atoms with Crippen LogP contribution in [-0.2, 0) is 4.79 Å². The second-order valence-corrected chi connectivity index (χ2v) is 8.67. The van der Waals surface area contributed by atoms with Gasteiger partial charge in [0.05, 0.1) is 6.04 Å². The molecule has 0 spiro atoms. The van der Waals surface area contributed by atoms with Gasteiger partial charge in [0.25, 0.3) is 0 Å². The maximum atomic E-state index is 12.3. The third-order valence-corrected chi connectivity index (χ3v) is 6.43. The van der Waals surface area contributed by atoms with Crippen molar-refractivity contribution in [3.8, 4) is 0 Å². The summed E-state index contributed by atoms with van der Waals surface area (Å²) in [5, 5.41) is 8.00. The van der Waals surface area contributed by atoms with Gasteiger partial charge in [0.2, 0.25) is 5.91 Å². The number of carbonyl (C=O) groups is 1. The minimum atomic E-state index is 0.00651. The molecule has 2 fully saturated rings. The topological polar surface area (TPSA) is 60.0 Å². The summed E-state index contributed by atoms with van der Waals surface area (Å²) in [5.41, 5.74) is 0.978. The average molecular weight is 440 g/mol. The smallest absolute Gasteiger partial charge is 0.225 e. The Hall–Kier alpha value is -1.50. The number of benzene rings is 1. The van der Waals surface area contributed by atoms with E-state index in [9.17, 15) is 4.79 Å². The first kappa shape index (κ1) is 22.2. The average Bonchev–Trinajstić information content (AvgIpc) is 2.66. The molecule has 1 atom stereocenters. The molecule has 2 aliphatic rings. The van der Waals surface area contributed by atoms with E-state index >= 15 is 0 Å². The molecule has 0 aromatic heterocycles. The molecule has 160 valence electrons. The van der Waals surface area contributed by atoms with Gasteiger partial charge in [-0.25, -0.2) is 0 Å². The highest BCUT2D eigenvalue weighted by molar-refractivity contribution is 6.35. The lowest BCUT2D eigenvalue weighted by Crippen LogP contribution is -2.52. The molecule has 1 aromatic rings. The lowest BCUT2D eigenvalue weighted by atomic mass is 9.84. The summed E-state index contributed by atoms with van der Waals surface area (Å²) in [5.74, 6) is 1.41. The fourth-order valence-corrected chi connectivity index (χ4v) is 4.34. The van der Waals surface area contributed by atoms with Crippen LogP contribution in [0.15, 0.2) is 23.2 Å². The van der Waals surface area contributed by atoms with Crippen LogP contribution in [0.1, 0.15) is 37.8 Å². The molecule has 8 heteroatoms. The van der Waals surface area contributed by atoms with E-state index < -0.39 is 0 Å². The van der Waals surface area contributed by atoms with E-state index in [0.717, 1.165) is 63.6 Å². The molecule has 0 bridgehead atoms. The summed E-state index contributed by atoms with van der Waals surface area (Å²) in [6.07, 6.45) is 3.36. The second kappa shape index (κ2) is 10.5. The number of hydrogen-bond donors (Lipinski definition) is 2. The zero-order chi connectivity index (χ0) is 20.8. The highest BCUT2D eigenvalue weighted by Gasteiger charge is 2.31. The Labute approximate surface area is 183 Å². The maximum absolute atomic E-state index is 12.3. The predicted octanol–water partition coefficient (Wildman–Crippen LogP) is 3.16. The Bertz CT molecular complexity index is 730. The van der Waals surface area contributed by atoms with E-state index in [-0.39, 0.29) is 6.04 Å². The van der Waals surface area contributed by atoms with Crippen LogP contribution in [0.5, 0.6) is 0 Å². The summed E-state index contributed by atoms with van der Waals surface area (Å²) in [6.45, 7) is 7.30. The lowest BCUT2D eigenvalue weighted by molar-refractivity contribution is -0.139. The molecule has 0 radical (unpaired) electrons. The highest BCUT2D eigenvalue weighted by atomic mass is 35.5. The Morgan fingerprint density at radius 1 is 1.24 bits per heavy atom. The molecular weight excluding hydrogens is 409 g/mol. The number of piperazine rings is 1. The summed E-state index contributed by atoms with van der Waals surface area (Å²) < 4.78 is 0. The molecule has 1 amide bonds. The maximum Gasteiger partial charge on any atom is 0.225 e. The van der Waals surface area contributed by atoms with Gasteiger partial charge in [-0.2, -0.15) is 0 Å². The van der Waals surface area contributed by atoms with Gasteiger partial charge in [-0.1, -0.05) is 35.7 Å². The summed E-state index contributed by atoms with van der Waals surface area (Å²) in [6, 6.07) is 5.53. The van der Waals surface area contributed by atoms with Gasteiger partial charge in [0, 0.05) is 62.3 Å². The molecule has 1 saturated heterocycles. The van der Waals surface area contributed by atoms with Crippen LogP contribution in [0, 0.1) is 5.92 Å². The quantitative estimate of drug-likeness (QED) is 0.527. The number of hydrogen-bond acceptors (Lipinski definition) is 3. The molecule has 3 rings (SSSR count). The molecular formula is C21H31Cl2N5O. The van der Waals surface area contributed by atoms with Crippen molar-refractivity contribution >= 4 is 35.1 Å². The Morgan fingerprint density at radius 2 is 1.97 bits per heavy atom. The predicted molar refractivity (Wildman–Crippen MR) is 120 cm³/mol. The van der Waals surface area contributed by atoms with E-state index in [2.05, 4.69) is 20.5 Å². The summed E-state index contributed by atoms with van der Waals surface area (Å²) >= 11 is 12.3. The molecule has 1 aromatic carbocycles. The molecule has 1 heterocycles. The Kier molecular flexibility index (Phi) is 8.04. The second-order valence-electron chi connectivity index (χ2n) is 7.83. The van der Waals surface area contributed by atoms with Gasteiger partial charge in [0.1, 0.15) is 0 Å². The van der Waals surface area contributed by atoms with Gasteiger partial charge in [-0.05, 0) is 37.5 Å². The first-order valence-corrected chi connectivity index (χ1v) is 11.2. The van der Waals surface area contributed by atoms with E-state index in [4.69, 9.17) is 23.2 Å². The number of amides is 1. The SMILES string of the molecule is CN=C(NCCN1CCN(C(=O)C2CCC2)CC1)NC(C)c1ccc(Cl)cc1Cl. The van der Waals surface area contributed by atoms with Crippen LogP contribution in [0.25, 0.3) is 0 Å². The molecule has 1 aliphatic heterocycles. The van der Waals surface area contributed by atoms with E-state index in [1.165, 1.54) is 6.42 Å². The number of nitrogens with one attached hydrogen (secondary N) is 2. The van der Waals surface area contributed by atoms with Crippen LogP contribution in [-0.4, -0.2) is 68.0 Å². The summed E-state index contributed by atoms with van der Waals surface area (Å²) in [7, 11) is 1.76. The third kappa shape index (κ3) is 6.00.